The van der Waals surface area contributed by atoms with Crippen LogP contribution in [0.25, 0.3) is 0 Å². The van der Waals surface area contributed by atoms with Gasteiger partial charge in [-0.15, -0.1) is 12.6 Å². The van der Waals surface area contributed by atoms with Gasteiger partial charge in [0.1, 0.15) is 0 Å². The average molecular weight is 347 g/mol. The molecule has 1 amide bonds. The second kappa shape index (κ2) is 7.29. The van der Waals surface area contributed by atoms with E-state index in [1.807, 2.05) is 67.6 Å². The molecule has 4 nitrogen and oxygen atoms in total. The Labute approximate surface area is 152 Å². The molecule has 1 heterocycles. The molecule has 1 unspecified atom stereocenters. The van der Waals surface area contributed by atoms with E-state index < -0.39 is 5.92 Å². The lowest BCUT2D eigenvalue weighted by Crippen LogP contribution is -2.30. The zero-order valence-electron chi connectivity index (χ0n) is 13.7. The number of rotatable bonds is 3. The molecular weight excluding hydrogens is 330 g/mol. The maximum Gasteiger partial charge on any atom is 0.254 e. The Bertz CT molecular complexity index is 896. The largest absolute Gasteiger partial charge is 0.353 e. The number of thiol groups is 1. The summed E-state index contributed by atoms with van der Waals surface area (Å²) in [5.74, 6) is -0.692. The van der Waals surface area contributed by atoms with Gasteiger partial charge in [-0.1, -0.05) is 48.5 Å². The first-order valence-electron chi connectivity index (χ1n) is 7.84. The molecule has 0 saturated carbocycles. The van der Waals surface area contributed by atoms with Gasteiger partial charge in [0.2, 0.25) is 0 Å². The van der Waals surface area contributed by atoms with E-state index in [4.69, 9.17) is 0 Å². The van der Waals surface area contributed by atoms with E-state index in [0.29, 0.717) is 27.6 Å². The molecule has 0 aliphatic carbocycles. The summed E-state index contributed by atoms with van der Waals surface area (Å²) >= 11 is 4.39. The van der Waals surface area contributed by atoms with Gasteiger partial charge < -0.3 is 10.6 Å². The highest BCUT2D eigenvalue weighted by Gasteiger charge is 2.33. The first-order chi connectivity index (χ1) is 12.1. The van der Waals surface area contributed by atoms with Gasteiger partial charge in [-0.3, -0.25) is 4.79 Å². The fourth-order valence-corrected chi connectivity index (χ4v) is 3.27. The highest BCUT2D eigenvalue weighted by Crippen LogP contribution is 2.38. The van der Waals surface area contributed by atoms with Crippen molar-refractivity contribution in [2.24, 2.45) is 0 Å². The topological polar surface area (TPSA) is 64.9 Å². The van der Waals surface area contributed by atoms with E-state index >= 15 is 0 Å². The number of dihydropyridines is 1. The summed E-state index contributed by atoms with van der Waals surface area (Å²) in [7, 11) is 0. The number of nitrogens with one attached hydrogen (secondary N) is 2. The third kappa shape index (κ3) is 3.44. The van der Waals surface area contributed by atoms with Gasteiger partial charge in [0.25, 0.3) is 5.91 Å². The molecule has 0 radical (unpaired) electrons. The normalized spacial score (nSPS) is 16.9. The number of allylic oxidation sites excluding steroid dienone is 2. The predicted octanol–water partition coefficient (Wildman–Crippen LogP) is 3.95. The molecule has 0 fully saturated rings. The standard InChI is InChI=1S/C20H17N3OS/c1-13-17(19(24)23-15-10-6-3-7-11-15)18(14-8-4-2-5-9-14)16(12-21)20(25)22-13/h2-11,18,22,25H,1H3,(H,23,24). The summed E-state index contributed by atoms with van der Waals surface area (Å²) in [6.07, 6.45) is 0. The minimum atomic E-state index is -0.455. The second-order valence-electron chi connectivity index (χ2n) is 5.70. The third-order valence-electron chi connectivity index (χ3n) is 4.07. The maximum absolute atomic E-state index is 13.0. The van der Waals surface area contributed by atoms with Crippen LogP contribution in [-0.2, 0) is 4.79 Å². The van der Waals surface area contributed by atoms with Gasteiger partial charge in [0.05, 0.1) is 22.6 Å². The van der Waals surface area contributed by atoms with Crippen LogP contribution < -0.4 is 10.6 Å². The Morgan fingerprint density at radius 1 is 1.12 bits per heavy atom. The summed E-state index contributed by atoms with van der Waals surface area (Å²) in [6, 6.07) is 21.0. The Morgan fingerprint density at radius 3 is 2.32 bits per heavy atom. The average Bonchev–Trinajstić information content (AvgIpc) is 2.62. The van der Waals surface area contributed by atoms with Crippen LogP contribution in [0.2, 0.25) is 0 Å². The summed E-state index contributed by atoms with van der Waals surface area (Å²) < 4.78 is 0. The lowest BCUT2D eigenvalue weighted by Gasteiger charge is -2.28. The molecule has 0 spiro atoms. The summed E-state index contributed by atoms with van der Waals surface area (Å²) in [5.41, 5.74) is 3.22. The third-order valence-corrected chi connectivity index (χ3v) is 4.42. The summed E-state index contributed by atoms with van der Waals surface area (Å²) in [4.78, 5) is 13.0. The van der Waals surface area contributed by atoms with Crippen LogP contribution in [-0.4, -0.2) is 5.91 Å². The van der Waals surface area contributed by atoms with Crippen LogP contribution in [0.15, 0.2) is 82.5 Å². The summed E-state index contributed by atoms with van der Waals surface area (Å²) in [5, 5.41) is 16.0. The maximum atomic E-state index is 13.0. The summed E-state index contributed by atoms with van der Waals surface area (Å²) in [6.45, 7) is 1.82. The van der Waals surface area contributed by atoms with Gasteiger partial charge in [-0.05, 0) is 24.6 Å². The van der Waals surface area contributed by atoms with Crippen LogP contribution in [0.3, 0.4) is 0 Å². The Balaban J connectivity index is 2.04. The van der Waals surface area contributed by atoms with Gasteiger partial charge in [0.15, 0.2) is 0 Å². The zero-order chi connectivity index (χ0) is 17.8. The van der Waals surface area contributed by atoms with E-state index in [-0.39, 0.29) is 5.91 Å². The predicted molar refractivity (Wildman–Crippen MR) is 102 cm³/mol. The molecule has 0 bridgehead atoms. The molecular formula is C20H17N3OS. The van der Waals surface area contributed by atoms with Crippen molar-refractivity contribution in [3.05, 3.63) is 88.1 Å². The molecule has 0 aromatic heterocycles. The SMILES string of the molecule is CC1=C(C(=O)Nc2ccccc2)C(c2ccccc2)C(C#N)=C(S)N1. The molecule has 2 aromatic carbocycles. The van der Waals surface area contributed by atoms with Crippen molar-refractivity contribution in [2.75, 3.05) is 5.32 Å². The molecule has 5 heteroatoms. The Kier molecular flexibility index (Phi) is 4.92. The molecule has 2 aromatic rings. The molecule has 1 aliphatic rings. The number of benzene rings is 2. The van der Waals surface area contributed by atoms with E-state index in [0.717, 1.165) is 5.56 Å². The molecule has 124 valence electrons. The van der Waals surface area contributed by atoms with Crippen molar-refractivity contribution in [1.29, 1.82) is 5.26 Å². The van der Waals surface area contributed by atoms with Crippen molar-refractivity contribution in [1.82, 2.24) is 5.32 Å². The van der Waals surface area contributed by atoms with Crippen LogP contribution in [0.5, 0.6) is 0 Å². The van der Waals surface area contributed by atoms with Gasteiger partial charge >= 0.3 is 0 Å². The number of amides is 1. The molecule has 1 atom stereocenters. The van der Waals surface area contributed by atoms with Crippen molar-refractivity contribution in [3.8, 4) is 6.07 Å². The minimum Gasteiger partial charge on any atom is -0.353 e. The lowest BCUT2D eigenvalue weighted by molar-refractivity contribution is -0.113. The van der Waals surface area contributed by atoms with Crippen LogP contribution in [0.1, 0.15) is 18.4 Å². The number of hydrogen-bond acceptors (Lipinski definition) is 4. The highest BCUT2D eigenvalue weighted by atomic mass is 32.1. The van der Waals surface area contributed by atoms with Crippen LogP contribution in [0, 0.1) is 11.3 Å². The highest BCUT2D eigenvalue weighted by molar-refractivity contribution is 7.84. The van der Waals surface area contributed by atoms with Gasteiger partial charge in [-0.25, -0.2) is 0 Å². The fourth-order valence-electron chi connectivity index (χ4n) is 2.93. The van der Waals surface area contributed by atoms with Gasteiger partial charge in [0, 0.05) is 17.0 Å². The number of carbonyl (C=O) groups excluding carboxylic acids is 1. The molecule has 1 aliphatic heterocycles. The first-order valence-corrected chi connectivity index (χ1v) is 8.29. The lowest BCUT2D eigenvalue weighted by atomic mass is 9.82. The quantitative estimate of drug-likeness (QED) is 0.737. The molecule has 2 N–H and O–H groups in total. The van der Waals surface area contributed by atoms with E-state index in [9.17, 15) is 10.1 Å². The van der Waals surface area contributed by atoms with Crippen molar-refractivity contribution in [3.63, 3.8) is 0 Å². The number of carbonyl (C=O) groups is 1. The first kappa shape index (κ1) is 16.9. The number of anilines is 1. The number of hydrogen-bond donors (Lipinski definition) is 3. The van der Waals surface area contributed by atoms with Crippen molar-refractivity contribution >= 4 is 24.2 Å². The number of para-hydroxylation sites is 1. The minimum absolute atomic E-state index is 0.237. The monoisotopic (exact) mass is 347 g/mol. The molecule has 3 rings (SSSR count). The van der Waals surface area contributed by atoms with E-state index in [1.54, 1.807) is 0 Å². The van der Waals surface area contributed by atoms with Crippen molar-refractivity contribution < 1.29 is 4.79 Å². The second-order valence-corrected chi connectivity index (χ2v) is 6.15. The van der Waals surface area contributed by atoms with Crippen LogP contribution in [0.4, 0.5) is 5.69 Å². The smallest absolute Gasteiger partial charge is 0.254 e. The molecule has 25 heavy (non-hydrogen) atoms. The van der Waals surface area contributed by atoms with E-state index in [1.165, 1.54) is 0 Å². The molecule has 0 saturated heterocycles. The van der Waals surface area contributed by atoms with E-state index in [2.05, 4.69) is 29.3 Å². The Morgan fingerprint density at radius 2 is 1.72 bits per heavy atom. The zero-order valence-corrected chi connectivity index (χ0v) is 14.5. The Hall–Kier alpha value is -2.97. The number of nitriles is 1. The van der Waals surface area contributed by atoms with Gasteiger partial charge in [-0.2, -0.15) is 5.26 Å². The number of nitrogens with zero attached hydrogens (tertiary/aromatic N) is 1. The van der Waals surface area contributed by atoms with Crippen LogP contribution >= 0.6 is 12.6 Å². The fraction of sp³-hybridized carbons (Fsp3) is 0.100. The van der Waals surface area contributed by atoms with Crippen molar-refractivity contribution in [2.45, 2.75) is 12.8 Å².